The summed E-state index contributed by atoms with van der Waals surface area (Å²) in [5.41, 5.74) is 1.48. The van der Waals surface area contributed by atoms with Gasteiger partial charge in [0, 0.05) is 11.7 Å². The van der Waals surface area contributed by atoms with E-state index < -0.39 is 18.0 Å². The quantitative estimate of drug-likeness (QED) is 0.585. The SMILES string of the molecule is CCOC(=O)c1[nH]c(C)c(C(=O)O[C@H](C)C(=O)NC2CCCCCC2)c1C. The van der Waals surface area contributed by atoms with Crippen molar-refractivity contribution >= 4 is 17.8 Å². The Balaban J connectivity index is 2.01. The predicted molar refractivity (Wildman–Crippen MR) is 101 cm³/mol. The maximum absolute atomic E-state index is 12.6. The third-order valence-corrected chi connectivity index (χ3v) is 4.98. The van der Waals surface area contributed by atoms with Gasteiger partial charge in [-0.1, -0.05) is 25.7 Å². The average Bonchev–Trinajstić information content (AvgIpc) is 2.77. The van der Waals surface area contributed by atoms with E-state index in [9.17, 15) is 14.4 Å². The molecule has 1 atom stereocenters. The molecule has 1 heterocycles. The number of esters is 2. The van der Waals surface area contributed by atoms with Crippen molar-refractivity contribution in [2.75, 3.05) is 6.61 Å². The lowest BCUT2D eigenvalue weighted by molar-refractivity contribution is -0.129. The molecular formula is C20H30N2O5. The summed E-state index contributed by atoms with van der Waals surface area (Å²) in [5.74, 6) is -1.43. The molecule has 1 saturated carbocycles. The van der Waals surface area contributed by atoms with Crippen molar-refractivity contribution in [2.24, 2.45) is 0 Å². The molecule has 7 nitrogen and oxygen atoms in total. The van der Waals surface area contributed by atoms with Crippen molar-refractivity contribution in [1.82, 2.24) is 10.3 Å². The number of nitrogens with one attached hydrogen (secondary N) is 2. The van der Waals surface area contributed by atoms with E-state index in [1.807, 2.05) is 0 Å². The zero-order chi connectivity index (χ0) is 20.0. The molecule has 0 unspecified atom stereocenters. The van der Waals surface area contributed by atoms with E-state index in [2.05, 4.69) is 10.3 Å². The molecule has 2 N–H and O–H groups in total. The first-order valence-corrected chi connectivity index (χ1v) is 9.72. The molecule has 0 aliphatic heterocycles. The average molecular weight is 378 g/mol. The summed E-state index contributed by atoms with van der Waals surface area (Å²) in [5, 5.41) is 2.99. The molecule has 1 aliphatic rings. The lowest BCUT2D eigenvalue weighted by Crippen LogP contribution is -2.41. The minimum absolute atomic E-state index is 0.146. The third-order valence-electron chi connectivity index (χ3n) is 4.98. The summed E-state index contributed by atoms with van der Waals surface area (Å²) >= 11 is 0. The van der Waals surface area contributed by atoms with Gasteiger partial charge < -0.3 is 19.8 Å². The molecule has 0 aromatic carbocycles. The van der Waals surface area contributed by atoms with Gasteiger partial charge in [0.1, 0.15) is 5.69 Å². The fraction of sp³-hybridized carbons (Fsp3) is 0.650. The van der Waals surface area contributed by atoms with E-state index >= 15 is 0 Å². The standard InChI is InChI=1S/C20H30N2O5/c1-5-26-20(25)17-12(2)16(13(3)21-17)19(24)27-14(4)18(23)22-15-10-8-6-7-9-11-15/h14-15,21H,5-11H2,1-4H3,(H,22,23)/t14-/m1/s1. The topological polar surface area (TPSA) is 97.5 Å². The highest BCUT2D eigenvalue weighted by atomic mass is 16.5. The predicted octanol–water partition coefficient (Wildman–Crippen LogP) is 3.19. The van der Waals surface area contributed by atoms with Crippen molar-refractivity contribution in [3.8, 4) is 0 Å². The van der Waals surface area contributed by atoms with Crippen LogP contribution in [0.2, 0.25) is 0 Å². The molecule has 1 aromatic heterocycles. The molecule has 0 spiro atoms. The number of aromatic amines is 1. The summed E-state index contributed by atoms with van der Waals surface area (Å²) in [6.45, 7) is 6.86. The van der Waals surface area contributed by atoms with Crippen LogP contribution in [0, 0.1) is 13.8 Å². The van der Waals surface area contributed by atoms with Crippen molar-refractivity contribution in [3.05, 3.63) is 22.5 Å². The third kappa shape index (κ3) is 5.34. The Hall–Kier alpha value is -2.31. The first-order chi connectivity index (χ1) is 12.8. The maximum atomic E-state index is 12.6. The van der Waals surface area contributed by atoms with E-state index in [1.165, 1.54) is 12.8 Å². The first-order valence-electron chi connectivity index (χ1n) is 9.72. The number of carbonyl (C=O) groups is 3. The van der Waals surface area contributed by atoms with Gasteiger partial charge in [-0.25, -0.2) is 9.59 Å². The van der Waals surface area contributed by atoms with Gasteiger partial charge in [0.25, 0.3) is 5.91 Å². The Bertz CT molecular complexity index is 687. The number of aryl methyl sites for hydroxylation is 1. The lowest BCUT2D eigenvalue weighted by atomic mass is 10.1. The van der Waals surface area contributed by atoms with Crippen LogP contribution < -0.4 is 5.32 Å². The summed E-state index contributed by atoms with van der Waals surface area (Å²) < 4.78 is 10.3. The van der Waals surface area contributed by atoms with E-state index in [-0.39, 0.29) is 29.8 Å². The second kappa shape index (κ2) is 9.58. The zero-order valence-corrected chi connectivity index (χ0v) is 16.6. The van der Waals surface area contributed by atoms with Crippen molar-refractivity contribution < 1.29 is 23.9 Å². The number of hydrogen-bond acceptors (Lipinski definition) is 5. The van der Waals surface area contributed by atoms with E-state index in [1.54, 1.807) is 27.7 Å². The molecule has 1 amide bonds. The minimum Gasteiger partial charge on any atom is -0.461 e. The Kier molecular flexibility index (Phi) is 7.45. The van der Waals surface area contributed by atoms with E-state index in [0.717, 1.165) is 25.7 Å². The molecule has 2 rings (SSSR count). The molecule has 150 valence electrons. The highest BCUT2D eigenvalue weighted by molar-refractivity contribution is 5.99. The van der Waals surface area contributed by atoms with Crippen LogP contribution in [0.3, 0.4) is 0 Å². The smallest absolute Gasteiger partial charge is 0.355 e. The summed E-state index contributed by atoms with van der Waals surface area (Å²) in [7, 11) is 0. The summed E-state index contributed by atoms with van der Waals surface area (Å²) in [6.07, 6.45) is 5.64. The Morgan fingerprint density at radius 3 is 2.33 bits per heavy atom. The fourth-order valence-electron chi connectivity index (χ4n) is 3.48. The lowest BCUT2D eigenvalue weighted by Gasteiger charge is -2.19. The number of ether oxygens (including phenoxy) is 2. The van der Waals surface area contributed by atoms with E-state index in [0.29, 0.717) is 11.3 Å². The summed E-state index contributed by atoms with van der Waals surface area (Å²) in [6, 6.07) is 0.146. The van der Waals surface area contributed by atoms with Crippen molar-refractivity contribution in [1.29, 1.82) is 0 Å². The van der Waals surface area contributed by atoms with Crippen LogP contribution in [0.15, 0.2) is 0 Å². The Morgan fingerprint density at radius 1 is 1.11 bits per heavy atom. The van der Waals surface area contributed by atoms with Crippen LogP contribution in [0.1, 0.15) is 84.5 Å². The maximum Gasteiger partial charge on any atom is 0.355 e. The van der Waals surface area contributed by atoms with Gasteiger partial charge in [0.05, 0.1) is 12.2 Å². The van der Waals surface area contributed by atoms with Gasteiger partial charge in [-0.2, -0.15) is 0 Å². The van der Waals surface area contributed by atoms with E-state index in [4.69, 9.17) is 9.47 Å². The number of hydrogen-bond donors (Lipinski definition) is 2. The van der Waals surface area contributed by atoms with Gasteiger partial charge in [-0.15, -0.1) is 0 Å². The Labute approximate surface area is 160 Å². The number of amides is 1. The molecule has 1 fully saturated rings. The molecule has 27 heavy (non-hydrogen) atoms. The normalized spacial score (nSPS) is 16.3. The second-order valence-corrected chi connectivity index (χ2v) is 7.09. The molecular weight excluding hydrogens is 348 g/mol. The highest BCUT2D eigenvalue weighted by Gasteiger charge is 2.27. The second-order valence-electron chi connectivity index (χ2n) is 7.09. The first kappa shape index (κ1) is 21.0. The van der Waals surface area contributed by atoms with Crippen LogP contribution in [0.5, 0.6) is 0 Å². The molecule has 0 bridgehead atoms. The number of H-pyrrole nitrogens is 1. The number of carbonyl (C=O) groups excluding carboxylic acids is 3. The zero-order valence-electron chi connectivity index (χ0n) is 16.6. The molecule has 0 saturated heterocycles. The van der Waals surface area contributed by atoms with Crippen LogP contribution in [-0.4, -0.2) is 41.6 Å². The molecule has 0 radical (unpaired) electrons. The van der Waals surface area contributed by atoms with Gasteiger partial charge in [0.15, 0.2) is 6.10 Å². The number of aromatic nitrogens is 1. The Morgan fingerprint density at radius 2 is 1.74 bits per heavy atom. The van der Waals surface area contributed by atoms with Crippen LogP contribution in [-0.2, 0) is 14.3 Å². The van der Waals surface area contributed by atoms with Gasteiger partial charge in [-0.05, 0) is 46.1 Å². The van der Waals surface area contributed by atoms with Crippen molar-refractivity contribution in [2.45, 2.75) is 78.4 Å². The summed E-state index contributed by atoms with van der Waals surface area (Å²) in [4.78, 5) is 39.8. The number of rotatable bonds is 6. The van der Waals surface area contributed by atoms with Gasteiger partial charge >= 0.3 is 11.9 Å². The van der Waals surface area contributed by atoms with Gasteiger partial charge in [0.2, 0.25) is 0 Å². The van der Waals surface area contributed by atoms with Gasteiger partial charge in [-0.3, -0.25) is 4.79 Å². The monoisotopic (exact) mass is 378 g/mol. The fourth-order valence-corrected chi connectivity index (χ4v) is 3.48. The largest absolute Gasteiger partial charge is 0.461 e. The van der Waals surface area contributed by atoms with Crippen LogP contribution in [0.25, 0.3) is 0 Å². The minimum atomic E-state index is -0.902. The molecule has 1 aliphatic carbocycles. The highest BCUT2D eigenvalue weighted by Crippen LogP contribution is 2.21. The van der Waals surface area contributed by atoms with Crippen LogP contribution in [0.4, 0.5) is 0 Å². The molecule has 7 heteroatoms. The molecule has 1 aromatic rings. The van der Waals surface area contributed by atoms with Crippen LogP contribution >= 0.6 is 0 Å². The van der Waals surface area contributed by atoms with Crippen molar-refractivity contribution in [3.63, 3.8) is 0 Å².